The van der Waals surface area contributed by atoms with Crippen LogP contribution in [-0.2, 0) is 4.79 Å². The number of alkyl halides is 2. The van der Waals surface area contributed by atoms with E-state index in [1.54, 1.807) is 0 Å². The summed E-state index contributed by atoms with van der Waals surface area (Å²) in [6.45, 7) is 0. The second-order valence-corrected chi connectivity index (χ2v) is 3.84. The Morgan fingerprint density at radius 3 is 2.21 bits per heavy atom. The van der Waals surface area contributed by atoms with Gasteiger partial charge in [0.15, 0.2) is 0 Å². The maximum Gasteiger partial charge on any atom is 0.305 e. The first-order chi connectivity index (χ1) is 8.90. The number of rotatable bonds is 6. The van der Waals surface area contributed by atoms with Gasteiger partial charge in [0.05, 0.1) is 26.2 Å². The summed E-state index contributed by atoms with van der Waals surface area (Å²) in [5, 5.41) is 8.69. The Labute approximate surface area is 108 Å². The van der Waals surface area contributed by atoms with Gasteiger partial charge in [0.25, 0.3) is 6.43 Å². The SMILES string of the molecule is COc1cc(OC)c(C(N)CC(=O)O)cc1C(F)F. The van der Waals surface area contributed by atoms with Crippen LogP contribution >= 0.6 is 0 Å². The topological polar surface area (TPSA) is 81.8 Å². The molecule has 0 aromatic heterocycles. The van der Waals surface area contributed by atoms with Gasteiger partial charge in [-0.25, -0.2) is 8.78 Å². The first-order valence-electron chi connectivity index (χ1n) is 5.42. The third-order valence-corrected chi connectivity index (χ3v) is 2.61. The number of methoxy groups -OCH3 is 2. The van der Waals surface area contributed by atoms with Gasteiger partial charge in [-0.2, -0.15) is 0 Å². The third kappa shape index (κ3) is 3.54. The van der Waals surface area contributed by atoms with Crippen molar-refractivity contribution in [3.05, 3.63) is 23.3 Å². The highest BCUT2D eigenvalue weighted by atomic mass is 19.3. The van der Waals surface area contributed by atoms with Crippen LogP contribution in [0, 0.1) is 0 Å². The molecule has 0 saturated heterocycles. The number of carbonyl (C=O) groups is 1. The summed E-state index contributed by atoms with van der Waals surface area (Å²) in [7, 11) is 2.60. The number of halogens is 2. The zero-order valence-corrected chi connectivity index (χ0v) is 10.5. The lowest BCUT2D eigenvalue weighted by molar-refractivity contribution is -0.137. The van der Waals surface area contributed by atoms with Crippen LogP contribution in [0.4, 0.5) is 8.78 Å². The highest BCUT2D eigenvalue weighted by molar-refractivity contribution is 5.68. The van der Waals surface area contributed by atoms with Gasteiger partial charge in [0.1, 0.15) is 11.5 Å². The van der Waals surface area contributed by atoms with E-state index in [-0.39, 0.29) is 29.0 Å². The van der Waals surface area contributed by atoms with Crippen LogP contribution in [0.1, 0.15) is 30.0 Å². The van der Waals surface area contributed by atoms with Crippen LogP contribution in [0.15, 0.2) is 12.1 Å². The molecule has 7 heteroatoms. The van der Waals surface area contributed by atoms with E-state index in [4.69, 9.17) is 20.3 Å². The third-order valence-electron chi connectivity index (χ3n) is 2.61. The minimum Gasteiger partial charge on any atom is -0.496 e. The maximum atomic E-state index is 12.9. The lowest BCUT2D eigenvalue weighted by atomic mass is 10.00. The van der Waals surface area contributed by atoms with E-state index in [0.29, 0.717) is 0 Å². The minimum absolute atomic E-state index is 0.0295. The summed E-state index contributed by atoms with van der Waals surface area (Å²) in [4.78, 5) is 10.6. The van der Waals surface area contributed by atoms with E-state index in [0.717, 1.165) is 6.07 Å². The highest BCUT2D eigenvalue weighted by Crippen LogP contribution is 2.37. The van der Waals surface area contributed by atoms with E-state index in [1.807, 2.05) is 0 Å². The van der Waals surface area contributed by atoms with Crippen molar-refractivity contribution in [3.8, 4) is 11.5 Å². The molecule has 19 heavy (non-hydrogen) atoms. The minimum atomic E-state index is -2.75. The molecule has 0 spiro atoms. The standard InChI is InChI=1S/C12H15F2NO4/c1-18-9-5-10(19-2)7(12(13)14)3-6(9)8(15)4-11(16)17/h3,5,8,12H,4,15H2,1-2H3,(H,16,17). The second kappa shape index (κ2) is 6.33. The molecule has 0 heterocycles. The maximum absolute atomic E-state index is 12.9. The zero-order valence-electron chi connectivity index (χ0n) is 10.5. The molecule has 0 aliphatic heterocycles. The number of ether oxygens (including phenoxy) is 2. The average molecular weight is 275 g/mol. The quantitative estimate of drug-likeness (QED) is 0.831. The Bertz CT molecular complexity index is 465. The number of benzene rings is 1. The lowest BCUT2D eigenvalue weighted by Gasteiger charge is -2.18. The molecule has 0 aliphatic carbocycles. The van der Waals surface area contributed by atoms with Gasteiger partial charge in [0.2, 0.25) is 0 Å². The number of carboxylic acids is 1. The van der Waals surface area contributed by atoms with Crippen molar-refractivity contribution in [2.75, 3.05) is 14.2 Å². The normalized spacial score (nSPS) is 12.3. The van der Waals surface area contributed by atoms with Crippen molar-refractivity contribution < 1.29 is 28.2 Å². The van der Waals surface area contributed by atoms with Crippen LogP contribution in [-0.4, -0.2) is 25.3 Å². The first kappa shape index (κ1) is 15.2. The van der Waals surface area contributed by atoms with Crippen LogP contribution in [0.5, 0.6) is 11.5 Å². The van der Waals surface area contributed by atoms with Gasteiger partial charge < -0.3 is 20.3 Å². The molecule has 1 aromatic rings. The Morgan fingerprint density at radius 1 is 1.26 bits per heavy atom. The predicted molar refractivity (Wildman–Crippen MR) is 63.7 cm³/mol. The molecular weight excluding hydrogens is 260 g/mol. The summed E-state index contributed by atoms with van der Waals surface area (Å²) in [6.07, 6.45) is -3.14. The van der Waals surface area contributed by atoms with Crippen molar-refractivity contribution in [2.45, 2.75) is 18.9 Å². The van der Waals surface area contributed by atoms with E-state index >= 15 is 0 Å². The molecule has 1 aromatic carbocycles. The smallest absolute Gasteiger partial charge is 0.305 e. The largest absolute Gasteiger partial charge is 0.496 e. The molecule has 106 valence electrons. The summed E-state index contributed by atoms with van der Waals surface area (Å²) < 4.78 is 35.6. The fourth-order valence-corrected chi connectivity index (χ4v) is 1.71. The molecule has 1 unspecified atom stereocenters. The van der Waals surface area contributed by atoms with Gasteiger partial charge in [-0.15, -0.1) is 0 Å². The van der Waals surface area contributed by atoms with Crippen molar-refractivity contribution in [3.63, 3.8) is 0 Å². The lowest BCUT2D eigenvalue weighted by Crippen LogP contribution is -2.16. The van der Waals surface area contributed by atoms with E-state index in [2.05, 4.69) is 0 Å². The first-order valence-corrected chi connectivity index (χ1v) is 5.42. The summed E-state index contributed by atoms with van der Waals surface area (Å²) in [5.74, 6) is -0.933. The molecule has 0 aliphatic rings. The molecule has 1 rings (SSSR count). The van der Waals surface area contributed by atoms with Crippen molar-refractivity contribution >= 4 is 5.97 Å². The molecule has 0 fully saturated rings. The number of nitrogens with two attached hydrogens (primary N) is 1. The average Bonchev–Trinajstić information content (AvgIpc) is 2.35. The summed E-state index contributed by atoms with van der Waals surface area (Å²) >= 11 is 0. The van der Waals surface area contributed by atoms with Crippen LogP contribution < -0.4 is 15.2 Å². The second-order valence-electron chi connectivity index (χ2n) is 3.84. The summed E-state index contributed by atoms with van der Waals surface area (Å²) in [5.41, 5.74) is 5.55. The van der Waals surface area contributed by atoms with Crippen molar-refractivity contribution in [1.29, 1.82) is 0 Å². The van der Waals surface area contributed by atoms with Gasteiger partial charge in [0, 0.05) is 17.7 Å². The van der Waals surface area contributed by atoms with Gasteiger partial charge in [-0.1, -0.05) is 0 Å². The zero-order chi connectivity index (χ0) is 14.6. The molecule has 3 N–H and O–H groups in total. The fraction of sp³-hybridized carbons (Fsp3) is 0.417. The molecule has 0 bridgehead atoms. The van der Waals surface area contributed by atoms with E-state index in [1.165, 1.54) is 20.3 Å². The van der Waals surface area contributed by atoms with Crippen molar-refractivity contribution in [2.24, 2.45) is 5.73 Å². The summed E-state index contributed by atoms with van der Waals surface area (Å²) in [6, 6.07) is 1.46. The van der Waals surface area contributed by atoms with Gasteiger partial charge in [-0.05, 0) is 6.07 Å². The molecule has 0 radical (unpaired) electrons. The number of hydrogen-bond donors (Lipinski definition) is 2. The Kier molecular flexibility index (Phi) is 5.05. The number of hydrogen-bond acceptors (Lipinski definition) is 4. The van der Waals surface area contributed by atoms with Gasteiger partial charge >= 0.3 is 5.97 Å². The highest BCUT2D eigenvalue weighted by Gasteiger charge is 2.22. The predicted octanol–water partition coefficient (Wildman–Crippen LogP) is 2.12. The molecular formula is C12H15F2NO4. The monoisotopic (exact) mass is 275 g/mol. The molecule has 0 saturated carbocycles. The Morgan fingerprint density at radius 2 is 1.79 bits per heavy atom. The van der Waals surface area contributed by atoms with E-state index < -0.39 is 18.4 Å². The van der Waals surface area contributed by atoms with Crippen LogP contribution in [0.2, 0.25) is 0 Å². The number of carboxylic acid groups (broad SMARTS) is 1. The Hall–Kier alpha value is -1.89. The number of aliphatic carboxylic acids is 1. The van der Waals surface area contributed by atoms with Crippen LogP contribution in [0.3, 0.4) is 0 Å². The molecule has 1 atom stereocenters. The van der Waals surface area contributed by atoms with Crippen molar-refractivity contribution in [1.82, 2.24) is 0 Å². The van der Waals surface area contributed by atoms with Crippen LogP contribution in [0.25, 0.3) is 0 Å². The molecule has 5 nitrogen and oxygen atoms in total. The van der Waals surface area contributed by atoms with Gasteiger partial charge in [-0.3, -0.25) is 4.79 Å². The Balaban J connectivity index is 3.28. The molecule has 0 amide bonds. The fourth-order valence-electron chi connectivity index (χ4n) is 1.71. The van der Waals surface area contributed by atoms with E-state index in [9.17, 15) is 13.6 Å².